The molecule has 0 bridgehead atoms. The van der Waals surface area contributed by atoms with Crippen molar-refractivity contribution in [3.63, 3.8) is 0 Å². The molecule has 2 heterocycles. The Labute approximate surface area is 213 Å². The molecule has 0 aliphatic carbocycles. The molecule has 1 saturated heterocycles. The number of aromatic nitrogens is 1. The molecule has 1 amide bonds. The van der Waals surface area contributed by atoms with Crippen LogP contribution in [0.1, 0.15) is 72.8 Å². The number of hydrogen-bond donors (Lipinski definition) is 3. The number of carbonyl (C=O) groups excluding carboxylic acids is 1. The van der Waals surface area contributed by atoms with E-state index in [2.05, 4.69) is 58.5 Å². The number of nitrogens with one attached hydrogen (secondary N) is 2. The van der Waals surface area contributed by atoms with Crippen LogP contribution < -0.4 is 10.6 Å². The molecule has 4 aromatic rings. The Morgan fingerprint density at radius 1 is 0.944 bits per heavy atom. The molecule has 3 aromatic carbocycles. The number of fused-ring (bicyclic) bond motifs is 1. The molecule has 5 nitrogen and oxygen atoms in total. The van der Waals surface area contributed by atoms with Crippen molar-refractivity contribution in [3.8, 4) is 5.75 Å². The standard InChI is InChI=1S/C31H35N3O2/c1-20(2)33-31(36)30-29(28(22-10-5-4-6-11-22)23-15-17-24(35)18-16-23)25-12-7-8-14-27(25)34(30)21(3)26-13-9-19-32-26/h4-8,10-12,14-18,20-21,26,28,32,35H,9,13,19H2,1-3H3,(H,33,36). The van der Waals surface area contributed by atoms with Crippen molar-refractivity contribution in [2.75, 3.05) is 6.54 Å². The number of hydrogen-bond acceptors (Lipinski definition) is 3. The SMILES string of the molecule is CC(C)NC(=O)c1c(C(c2ccccc2)c2ccc(O)cc2)c2ccccc2n1C(C)C1CCCN1. The van der Waals surface area contributed by atoms with Crippen LogP contribution in [-0.4, -0.2) is 34.2 Å². The lowest BCUT2D eigenvalue weighted by Gasteiger charge is -2.26. The third-order valence-electron chi connectivity index (χ3n) is 7.32. The summed E-state index contributed by atoms with van der Waals surface area (Å²) < 4.78 is 2.27. The lowest BCUT2D eigenvalue weighted by atomic mass is 9.83. The van der Waals surface area contributed by atoms with E-state index in [0.717, 1.165) is 47.0 Å². The molecule has 0 spiro atoms. The van der Waals surface area contributed by atoms with E-state index in [4.69, 9.17) is 0 Å². The van der Waals surface area contributed by atoms with E-state index in [1.165, 1.54) is 0 Å². The number of phenols is 1. The van der Waals surface area contributed by atoms with Crippen LogP contribution >= 0.6 is 0 Å². The second kappa shape index (κ2) is 10.2. The van der Waals surface area contributed by atoms with Crippen LogP contribution in [0.3, 0.4) is 0 Å². The summed E-state index contributed by atoms with van der Waals surface area (Å²) >= 11 is 0. The normalized spacial score (nSPS) is 17.4. The summed E-state index contributed by atoms with van der Waals surface area (Å²) in [6.45, 7) is 7.24. The second-order valence-corrected chi connectivity index (χ2v) is 10.2. The van der Waals surface area contributed by atoms with Crippen molar-refractivity contribution in [2.24, 2.45) is 0 Å². The Balaban J connectivity index is 1.83. The van der Waals surface area contributed by atoms with Crippen LogP contribution in [0.5, 0.6) is 5.75 Å². The highest BCUT2D eigenvalue weighted by Gasteiger charge is 2.34. The Morgan fingerprint density at radius 3 is 2.28 bits per heavy atom. The maximum atomic E-state index is 14.0. The topological polar surface area (TPSA) is 66.3 Å². The average Bonchev–Trinajstić information content (AvgIpc) is 3.53. The predicted octanol–water partition coefficient (Wildman–Crippen LogP) is 5.98. The lowest BCUT2D eigenvalue weighted by Crippen LogP contribution is -2.36. The Kier molecular flexibility index (Phi) is 6.84. The van der Waals surface area contributed by atoms with Crippen molar-refractivity contribution >= 4 is 16.8 Å². The number of amides is 1. The molecule has 3 atom stereocenters. The van der Waals surface area contributed by atoms with E-state index < -0.39 is 0 Å². The minimum atomic E-state index is -0.172. The van der Waals surface area contributed by atoms with E-state index in [-0.39, 0.29) is 29.7 Å². The van der Waals surface area contributed by atoms with Gasteiger partial charge in [0.2, 0.25) is 0 Å². The van der Waals surface area contributed by atoms with Crippen molar-refractivity contribution in [3.05, 3.63) is 101 Å². The van der Waals surface area contributed by atoms with E-state index in [0.29, 0.717) is 11.7 Å². The number of rotatable bonds is 7. The van der Waals surface area contributed by atoms with Gasteiger partial charge in [0.25, 0.3) is 5.91 Å². The van der Waals surface area contributed by atoms with Crippen LogP contribution in [0.25, 0.3) is 10.9 Å². The zero-order valence-corrected chi connectivity index (χ0v) is 21.2. The molecule has 3 unspecified atom stereocenters. The van der Waals surface area contributed by atoms with Gasteiger partial charge in [-0.05, 0) is 69.5 Å². The van der Waals surface area contributed by atoms with Gasteiger partial charge in [-0.15, -0.1) is 0 Å². The average molecular weight is 482 g/mol. The van der Waals surface area contributed by atoms with Gasteiger partial charge in [-0.2, -0.15) is 0 Å². The van der Waals surface area contributed by atoms with Crippen LogP contribution in [0.2, 0.25) is 0 Å². The largest absolute Gasteiger partial charge is 0.508 e. The van der Waals surface area contributed by atoms with Gasteiger partial charge in [-0.1, -0.05) is 60.7 Å². The van der Waals surface area contributed by atoms with Gasteiger partial charge in [0, 0.05) is 40.5 Å². The highest BCUT2D eigenvalue weighted by atomic mass is 16.3. The summed E-state index contributed by atoms with van der Waals surface area (Å²) in [5.74, 6) is 0.00190. The van der Waals surface area contributed by atoms with Crippen molar-refractivity contribution in [1.82, 2.24) is 15.2 Å². The first kappa shape index (κ1) is 24.1. The maximum Gasteiger partial charge on any atom is 0.268 e. The second-order valence-electron chi connectivity index (χ2n) is 10.2. The Morgan fingerprint density at radius 2 is 1.61 bits per heavy atom. The van der Waals surface area contributed by atoms with Gasteiger partial charge in [0.1, 0.15) is 11.4 Å². The first-order valence-corrected chi connectivity index (χ1v) is 13.0. The van der Waals surface area contributed by atoms with Gasteiger partial charge < -0.3 is 20.3 Å². The van der Waals surface area contributed by atoms with Gasteiger partial charge >= 0.3 is 0 Å². The van der Waals surface area contributed by atoms with E-state index in [9.17, 15) is 9.90 Å². The fraction of sp³-hybridized carbons (Fsp3) is 0.323. The lowest BCUT2D eigenvalue weighted by molar-refractivity contribution is 0.0930. The number of phenolic OH excluding ortho intramolecular Hbond substituents is 1. The molecule has 5 rings (SSSR count). The van der Waals surface area contributed by atoms with E-state index >= 15 is 0 Å². The molecule has 1 aromatic heterocycles. The molecular formula is C31H35N3O2. The fourth-order valence-electron chi connectivity index (χ4n) is 5.71. The monoisotopic (exact) mass is 481 g/mol. The Hall–Kier alpha value is -3.57. The smallest absolute Gasteiger partial charge is 0.268 e. The zero-order chi connectivity index (χ0) is 25.2. The first-order chi connectivity index (χ1) is 17.5. The van der Waals surface area contributed by atoms with Crippen LogP contribution in [0, 0.1) is 0 Å². The molecule has 5 heteroatoms. The van der Waals surface area contributed by atoms with E-state index in [1.54, 1.807) is 12.1 Å². The summed E-state index contributed by atoms with van der Waals surface area (Å²) in [5, 5.41) is 17.9. The van der Waals surface area contributed by atoms with Crippen LogP contribution in [0.4, 0.5) is 0 Å². The van der Waals surface area contributed by atoms with Gasteiger partial charge in [-0.3, -0.25) is 4.79 Å². The number of benzene rings is 3. The molecule has 3 N–H and O–H groups in total. The number of para-hydroxylation sites is 1. The zero-order valence-electron chi connectivity index (χ0n) is 21.2. The molecule has 0 saturated carbocycles. The summed E-state index contributed by atoms with van der Waals surface area (Å²) in [6, 6.07) is 26.5. The molecular weight excluding hydrogens is 446 g/mol. The molecule has 1 fully saturated rings. The molecule has 186 valence electrons. The van der Waals surface area contributed by atoms with Gasteiger partial charge in [0.05, 0.1) is 0 Å². The minimum Gasteiger partial charge on any atom is -0.508 e. The molecule has 36 heavy (non-hydrogen) atoms. The minimum absolute atomic E-state index is 0.0144. The predicted molar refractivity (Wildman–Crippen MR) is 146 cm³/mol. The highest BCUT2D eigenvalue weighted by Crippen LogP contribution is 2.42. The van der Waals surface area contributed by atoms with Crippen molar-refractivity contribution in [2.45, 2.75) is 57.7 Å². The third-order valence-corrected chi connectivity index (χ3v) is 7.32. The quantitative estimate of drug-likeness (QED) is 0.304. The van der Waals surface area contributed by atoms with Crippen molar-refractivity contribution < 1.29 is 9.90 Å². The molecule has 1 aliphatic heterocycles. The molecule has 0 radical (unpaired) electrons. The number of nitrogens with zero attached hydrogens (tertiary/aromatic N) is 1. The van der Waals surface area contributed by atoms with Gasteiger partial charge in [0.15, 0.2) is 0 Å². The first-order valence-electron chi connectivity index (χ1n) is 13.0. The maximum absolute atomic E-state index is 14.0. The Bertz CT molecular complexity index is 1340. The van der Waals surface area contributed by atoms with Crippen molar-refractivity contribution in [1.29, 1.82) is 0 Å². The summed E-state index contributed by atoms with van der Waals surface area (Å²) in [4.78, 5) is 14.0. The highest BCUT2D eigenvalue weighted by molar-refractivity contribution is 6.03. The summed E-state index contributed by atoms with van der Waals surface area (Å²) in [7, 11) is 0. The summed E-state index contributed by atoms with van der Waals surface area (Å²) in [6.07, 6.45) is 2.24. The summed E-state index contributed by atoms with van der Waals surface area (Å²) in [5.41, 5.74) is 4.93. The van der Waals surface area contributed by atoms with Crippen LogP contribution in [-0.2, 0) is 0 Å². The number of carbonyl (C=O) groups is 1. The van der Waals surface area contributed by atoms with Gasteiger partial charge in [-0.25, -0.2) is 0 Å². The van der Waals surface area contributed by atoms with E-state index in [1.807, 2.05) is 44.2 Å². The van der Waals surface area contributed by atoms with Crippen LogP contribution in [0.15, 0.2) is 78.9 Å². The fourth-order valence-corrected chi connectivity index (χ4v) is 5.71. The number of aromatic hydroxyl groups is 1. The molecule has 1 aliphatic rings. The third kappa shape index (κ3) is 4.51.